The normalized spacial score (nSPS) is 32.3. The summed E-state index contributed by atoms with van der Waals surface area (Å²) >= 11 is 0. The third kappa shape index (κ3) is 3.19. The van der Waals surface area contributed by atoms with Gasteiger partial charge in [0.25, 0.3) is 0 Å². The van der Waals surface area contributed by atoms with Crippen molar-refractivity contribution in [2.24, 2.45) is 5.73 Å². The third-order valence-electron chi connectivity index (χ3n) is 6.61. The maximum absolute atomic E-state index is 6.01. The molecule has 5 rings (SSSR count). The molecular formula is C21H28N4O. The van der Waals surface area contributed by atoms with Crippen LogP contribution in [-0.4, -0.2) is 28.8 Å². The van der Waals surface area contributed by atoms with Gasteiger partial charge in [-0.15, -0.1) is 0 Å². The van der Waals surface area contributed by atoms with Crippen LogP contribution in [0.4, 0.5) is 0 Å². The van der Waals surface area contributed by atoms with E-state index in [1.54, 1.807) is 0 Å². The summed E-state index contributed by atoms with van der Waals surface area (Å²) in [4.78, 5) is 4.81. The zero-order valence-corrected chi connectivity index (χ0v) is 15.2. The highest BCUT2D eigenvalue weighted by Gasteiger charge is 2.50. The minimum absolute atomic E-state index is 0.108. The molecule has 0 aliphatic heterocycles. The number of hydrogen-bond donors (Lipinski definition) is 2. The van der Waals surface area contributed by atoms with Crippen LogP contribution in [0.5, 0.6) is 0 Å². The molecule has 2 atom stereocenters. The molecule has 3 saturated carbocycles. The first-order chi connectivity index (χ1) is 12.7. The molecule has 5 heteroatoms. The summed E-state index contributed by atoms with van der Waals surface area (Å²) in [7, 11) is 0. The van der Waals surface area contributed by atoms with Gasteiger partial charge in [0.05, 0.1) is 0 Å². The van der Waals surface area contributed by atoms with Gasteiger partial charge in [-0.25, -0.2) is 0 Å². The standard InChI is InChI=1S/C21H28N4O/c22-16-8-6-15(7-9-16)19-24-20(25-26-19)21(10-11-21)13-23-18-12-17(18)14-4-2-1-3-5-14/h1-5,15-18,23H,6-13,22H2/t15-,16-,17?,18-/m0/s1. The first-order valence-corrected chi connectivity index (χ1v) is 10.1. The number of nitrogens with two attached hydrogens (primary N) is 1. The maximum Gasteiger partial charge on any atom is 0.229 e. The minimum Gasteiger partial charge on any atom is -0.339 e. The predicted octanol–water partition coefficient (Wildman–Crippen LogP) is 3.23. The van der Waals surface area contributed by atoms with E-state index in [0.717, 1.165) is 56.8 Å². The smallest absolute Gasteiger partial charge is 0.229 e. The van der Waals surface area contributed by atoms with Gasteiger partial charge in [0.2, 0.25) is 5.89 Å². The van der Waals surface area contributed by atoms with Crippen molar-refractivity contribution in [3.05, 3.63) is 47.6 Å². The molecule has 2 aromatic rings. The number of rotatable bonds is 6. The van der Waals surface area contributed by atoms with E-state index in [0.29, 0.717) is 23.9 Å². The molecule has 1 heterocycles. The molecule has 3 N–H and O–H groups in total. The fourth-order valence-corrected chi connectivity index (χ4v) is 4.43. The Hall–Kier alpha value is -1.72. The highest BCUT2D eigenvalue weighted by molar-refractivity contribution is 5.28. The highest BCUT2D eigenvalue weighted by atomic mass is 16.5. The molecule has 0 amide bonds. The average Bonchev–Trinajstić information content (AvgIpc) is 3.59. The van der Waals surface area contributed by atoms with E-state index in [9.17, 15) is 0 Å². The monoisotopic (exact) mass is 352 g/mol. The van der Waals surface area contributed by atoms with E-state index >= 15 is 0 Å². The Bertz CT molecular complexity index is 746. The second kappa shape index (κ2) is 6.46. The molecule has 0 spiro atoms. The minimum atomic E-state index is 0.108. The van der Waals surface area contributed by atoms with E-state index < -0.39 is 0 Å². The molecule has 0 radical (unpaired) electrons. The number of benzene rings is 1. The van der Waals surface area contributed by atoms with Crippen LogP contribution in [0.15, 0.2) is 34.9 Å². The van der Waals surface area contributed by atoms with Gasteiger partial charge in [-0.05, 0) is 50.5 Å². The zero-order chi connectivity index (χ0) is 17.6. The topological polar surface area (TPSA) is 77.0 Å². The maximum atomic E-state index is 6.01. The van der Waals surface area contributed by atoms with Gasteiger partial charge in [-0.2, -0.15) is 4.98 Å². The van der Waals surface area contributed by atoms with Crippen LogP contribution in [0.1, 0.15) is 74.1 Å². The number of nitrogens with zero attached hydrogens (tertiary/aromatic N) is 2. The Morgan fingerprint density at radius 2 is 1.88 bits per heavy atom. The first-order valence-electron chi connectivity index (χ1n) is 10.1. The lowest BCUT2D eigenvalue weighted by Gasteiger charge is -2.23. The molecule has 3 aliphatic rings. The molecule has 0 bridgehead atoms. The summed E-state index contributed by atoms with van der Waals surface area (Å²) in [5, 5.41) is 8.13. The van der Waals surface area contributed by atoms with Crippen LogP contribution in [0.2, 0.25) is 0 Å². The third-order valence-corrected chi connectivity index (χ3v) is 6.61. The molecule has 1 unspecified atom stereocenters. The fourth-order valence-electron chi connectivity index (χ4n) is 4.43. The van der Waals surface area contributed by atoms with Crippen LogP contribution in [-0.2, 0) is 5.41 Å². The van der Waals surface area contributed by atoms with E-state index in [2.05, 4.69) is 40.8 Å². The summed E-state index contributed by atoms with van der Waals surface area (Å²) in [5.74, 6) is 2.84. The van der Waals surface area contributed by atoms with Crippen molar-refractivity contribution in [2.75, 3.05) is 6.54 Å². The van der Waals surface area contributed by atoms with Gasteiger partial charge in [0.1, 0.15) is 0 Å². The summed E-state index contributed by atoms with van der Waals surface area (Å²) in [6.45, 7) is 0.968. The van der Waals surface area contributed by atoms with E-state index in [1.807, 2.05) is 0 Å². The molecule has 3 aliphatic carbocycles. The van der Waals surface area contributed by atoms with Crippen LogP contribution >= 0.6 is 0 Å². The van der Waals surface area contributed by atoms with Crippen molar-refractivity contribution in [1.29, 1.82) is 0 Å². The molecule has 1 aromatic heterocycles. The second-order valence-corrected chi connectivity index (χ2v) is 8.59. The number of aromatic nitrogens is 2. The lowest BCUT2D eigenvalue weighted by Crippen LogP contribution is -2.30. The molecule has 138 valence electrons. The fraction of sp³-hybridized carbons (Fsp3) is 0.619. The molecule has 26 heavy (non-hydrogen) atoms. The van der Waals surface area contributed by atoms with Crippen molar-refractivity contribution < 1.29 is 4.52 Å². The highest BCUT2D eigenvalue weighted by Crippen LogP contribution is 2.48. The van der Waals surface area contributed by atoms with Crippen molar-refractivity contribution in [1.82, 2.24) is 15.5 Å². The van der Waals surface area contributed by atoms with Gasteiger partial charge in [0.15, 0.2) is 5.82 Å². The Morgan fingerprint density at radius 1 is 1.12 bits per heavy atom. The largest absolute Gasteiger partial charge is 0.339 e. The quantitative estimate of drug-likeness (QED) is 0.835. The SMILES string of the molecule is N[C@H]1CC[C@H](c2nc(C3(CN[C@H]4CC4c4ccccc4)CC3)no2)CC1. The zero-order valence-electron chi connectivity index (χ0n) is 15.2. The van der Waals surface area contributed by atoms with Gasteiger partial charge in [0, 0.05) is 35.9 Å². The van der Waals surface area contributed by atoms with Crippen LogP contribution in [0, 0.1) is 0 Å². The molecule has 3 fully saturated rings. The summed E-state index contributed by atoms with van der Waals surface area (Å²) in [5.41, 5.74) is 7.57. The first kappa shape index (κ1) is 16.5. The van der Waals surface area contributed by atoms with Gasteiger partial charge in [-0.1, -0.05) is 35.5 Å². The number of hydrogen-bond acceptors (Lipinski definition) is 5. The summed E-state index contributed by atoms with van der Waals surface area (Å²) in [6, 6.07) is 11.8. The Labute approximate surface area is 154 Å². The Kier molecular flexibility index (Phi) is 4.09. The lowest BCUT2D eigenvalue weighted by molar-refractivity contribution is 0.298. The second-order valence-electron chi connectivity index (χ2n) is 8.59. The van der Waals surface area contributed by atoms with Gasteiger partial charge in [-0.3, -0.25) is 0 Å². The average molecular weight is 352 g/mol. The Balaban J connectivity index is 1.18. The predicted molar refractivity (Wildman–Crippen MR) is 100.0 cm³/mol. The van der Waals surface area contributed by atoms with Crippen molar-refractivity contribution in [2.45, 2.75) is 74.3 Å². The van der Waals surface area contributed by atoms with Gasteiger partial charge >= 0.3 is 0 Å². The molecule has 5 nitrogen and oxygen atoms in total. The molecule has 1 aromatic carbocycles. The van der Waals surface area contributed by atoms with Crippen molar-refractivity contribution >= 4 is 0 Å². The molecule has 0 saturated heterocycles. The van der Waals surface area contributed by atoms with E-state index in [4.69, 9.17) is 15.2 Å². The van der Waals surface area contributed by atoms with E-state index in [-0.39, 0.29) is 5.41 Å². The Morgan fingerprint density at radius 3 is 2.62 bits per heavy atom. The summed E-state index contributed by atoms with van der Waals surface area (Å²) in [6.07, 6.45) is 7.85. The summed E-state index contributed by atoms with van der Waals surface area (Å²) < 4.78 is 5.65. The molecular weight excluding hydrogens is 324 g/mol. The van der Waals surface area contributed by atoms with Crippen LogP contribution in [0.25, 0.3) is 0 Å². The van der Waals surface area contributed by atoms with Crippen molar-refractivity contribution in [3.8, 4) is 0 Å². The van der Waals surface area contributed by atoms with E-state index in [1.165, 1.54) is 12.0 Å². The van der Waals surface area contributed by atoms with Crippen molar-refractivity contribution in [3.63, 3.8) is 0 Å². The lowest BCUT2D eigenvalue weighted by atomic mass is 9.86. The van der Waals surface area contributed by atoms with Gasteiger partial charge < -0.3 is 15.6 Å². The van der Waals surface area contributed by atoms with Crippen LogP contribution in [0.3, 0.4) is 0 Å². The number of nitrogens with one attached hydrogen (secondary N) is 1. The van der Waals surface area contributed by atoms with Crippen LogP contribution < -0.4 is 11.1 Å².